The van der Waals surface area contributed by atoms with E-state index in [-0.39, 0.29) is 11.6 Å². The van der Waals surface area contributed by atoms with Crippen LogP contribution in [0.15, 0.2) is 51.6 Å². The fourth-order valence-electron chi connectivity index (χ4n) is 2.71. The van der Waals surface area contributed by atoms with Gasteiger partial charge < -0.3 is 18.9 Å². The van der Waals surface area contributed by atoms with E-state index in [0.29, 0.717) is 36.0 Å². The van der Waals surface area contributed by atoms with Crippen LogP contribution in [0.1, 0.15) is 25.0 Å². The summed E-state index contributed by atoms with van der Waals surface area (Å²) >= 11 is 3.48. The van der Waals surface area contributed by atoms with Gasteiger partial charge in [0.15, 0.2) is 17.2 Å². The van der Waals surface area contributed by atoms with Gasteiger partial charge in [-0.1, -0.05) is 12.1 Å². The van der Waals surface area contributed by atoms with Gasteiger partial charge in [0.05, 0.1) is 30.4 Å². The molecule has 0 saturated heterocycles. The Morgan fingerprint density at radius 2 is 1.86 bits per heavy atom. The zero-order chi connectivity index (χ0) is 20.1. The van der Waals surface area contributed by atoms with Crippen LogP contribution in [0.2, 0.25) is 0 Å². The first-order chi connectivity index (χ1) is 13.6. The molecular formula is C21H20BrNO5. The summed E-state index contributed by atoms with van der Waals surface area (Å²) in [6, 6.07) is 10.9. The zero-order valence-corrected chi connectivity index (χ0v) is 17.4. The van der Waals surface area contributed by atoms with Gasteiger partial charge in [-0.15, -0.1) is 0 Å². The van der Waals surface area contributed by atoms with Crippen LogP contribution in [0.5, 0.6) is 17.2 Å². The van der Waals surface area contributed by atoms with Crippen molar-refractivity contribution in [2.24, 2.45) is 4.99 Å². The molecule has 0 aliphatic carbocycles. The monoisotopic (exact) mass is 445 g/mol. The van der Waals surface area contributed by atoms with E-state index < -0.39 is 5.97 Å². The third-order valence-corrected chi connectivity index (χ3v) is 4.47. The Balaban J connectivity index is 1.97. The van der Waals surface area contributed by atoms with Crippen molar-refractivity contribution < 1.29 is 23.7 Å². The molecule has 3 rings (SSSR count). The maximum Gasteiger partial charge on any atom is 0.363 e. The van der Waals surface area contributed by atoms with Gasteiger partial charge >= 0.3 is 5.97 Å². The van der Waals surface area contributed by atoms with E-state index in [1.165, 1.54) is 0 Å². The molecule has 0 bridgehead atoms. The van der Waals surface area contributed by atoms with Crippen LogP contribution in [0.25, 0.3) is 6.08 Å². The molecule has 1 heterocycles. The number of benzene rings is 2. The number of cyclic esters (lactones) is 1. The topological polar surface area (TPSA) is 66.3 Å². The Morgan fingerprint density at radius 3 is 2.57 bits per heavy atom. The summed E-state index contributed by atoms with van der Waals surface area (Å²) in [5, 5.41) is 0. The summed E-state index contributed by atoms with van der Waals surface area (Å²) in [5.41, 5.74) is 1.55. The molecule has 0 saturated carbocycles. The van der Waals surface area contributed by atoms with Gasteiger partial charge in [-0.25, -0.2) is 9.79 Å². The number of carbonyl (C=O) groups is 1. The van der Waals surface area contributed by atoms with Crippen molar-refractivity contribution in [1.82, 2.24) is 0 Å². The van der Waals surface area contributed by atoms with E-state index in [1.807, 2.05) is 38.1 Å². The first-order valence-electron chi connectivity index (χ1n) is 8.82. The van der Waals surface area contributed by atoms with E-state index in [2.05, 4.69) is 20.9 Å². The molecule has 146 valence electrons. The van der Waals surface area contributed by atoms with E-state index in [9.17, 15) is 4.79 Å². The highest BCUT2D eigenvalue weighted by Gasteiger charge is 2.26. The van der Waals surface area contributed by atoms with Crippen LogP contribution in [0, 0.1) is 0 Å². The third kappa shape index (κ3) is 4.20. The van der Waals surface area contributed by atoms with Crippen LogP contribution in [-0.4, -0.2) is 32.2 Å². The SMILES string of the molecule is CCOc1ccccc1C1=N/C(=C/c2cc(Br)c(OCC)c(OC)c2)C(=O)O1. The van der Waals surface area contributed by atoms with Crippen molar-refractivity contribution >= 4 is 33.9 Å². The van der Waals surface area contributed by atoms with Crippen molar-refractivity contribution in [3.05, 3.63) is 57.7 Å². The molecule has 0 radical (unpaired) electrons. The zero-order valence-electron chi connectivity index (χ0n) is 15.8. The molecule has 6 nitrogen and oxygen atoms in total. The second-order valence-corrected chi connectivity index (χ2v) is 6.59. The summed E-state index contributed by atoms with van der Waals surface area (Å²) in [6.07, 6.45) is 1.64. The number of nitrogens with zero attached hydrogens (tertiary/aromatic N) is 1. The molecule has 0 N–H and O–H groups in total. The number of rotatable bonds is 7. The van der Waals surface area contributed by atoms with Crippen LogP contribution >= 0.6 is 15.9 Å². The standard InChI is InChI=1S/C21H20BrNO5/c1-4-26-17-9-7-6-8-14(17)20-23-16(21(24)28-20)11-13-10-15(22)19(27-5-2)18(12-13)25-3/h6-12H,4-5H2,1-3H3/b16-11+. The highest BCUT2D eigenvalue weighted by Crippen LogP contribution is 2.37. The molecule has 1 aliphatic heterocycles. The van der Waals surface area contributed by atoms with Gasteiger partial charge in [-0.05, 0) is 65.7 Å². The normalized spacial score (nSPS) is 14.6. The number of hydrogen-bond acceptors (Lipinski definition) is 6. The molecule has 0 aromatic heterocycles. The number of ether oxygens (including phenoxy) is 4. The predicted molar refractivity (Wildman–Crippen MR) is 110 cm³/mol. The summed E-state index contributed by atoms with van der Waals surface area (Å²) in [5.74, 6) is 1.47. The van der Waals surface area contributed by atoms with Crippen LogP contribution < -0.4 is 14.2 Å². The van der Waals surface area contributed by atoms with Gasteiger partial charge in [0.25, 0.3) is 0 Å². The molecule has 0 unspecified atom stereocenters. The molecule has 0 fully saturated rings. The van der Waals surface area contributed by atoms with E-state index in [4.69, 9.17) is 18.9 Å². The minimum Gasteiger partial charge on any atom is -0.493 e. The molecular weight excluding hydrogens is 426 g/mol. The maximum atomic E-state index is 12.3. The van der Waals surface area contributed by atoms with Crippen LogP contribution in [0.4, 0.5) is 0 Å². The second kappa shape index (κ2) is 8.93. The fourth-order valence-corrected chi connectivity index (χ4v) is 3.29. The van der Waals surface area contributed by atoms with Gasteiger partial charge in [0, 0.05) is 0 Å². The molecule has 0 spiro atoms. The van der Waals surface area contributed by atoms with E-state index in [0.717, 1.165) is 10.0 Å². The Labute approximate surface area is 171 Å². The van der Waals surface area contributed by atoms with Gasteiger partial charge in [-0.2, -0.15) is 0 Å². The highest BCUT2D eigenvalue weighted by molar-refractivity contribution is 9.10. The van der Waals surface area contributed by atoms with Gasteiger partial charge in [-0.3, -0.25) is 0 Å². The molecule has 0 amide bonds. The first-order valence-corrected chi connectivity index (χ1v) is 9.61. The summed E-state index contributed by atoms with van der Waals surface area (Å²) < 4.78 is 22.7. The van der Waals surface area contributed by atoms with Crippen molar-refractivity contribution in [1.29, 1.82) is 0 Å². The van der Waals surface area contributed by atoms with Gasteiger partial charge in [0.1, 0.15) is 5.75 Å². The average molecular weight is 446 g/mol. The first kappa shape index (κ1) is 19.9. The number of aliphatic imine (C=N–C) groups is 1. The maximum absolute atomic E-state index is 12.3. The minimum absolute atomic E-state index is 0.194. The fraction of sp³-hybridized carbons (Fsp3) is 0.238. The number of halogens is 1. The largest absolute Gasteiger partial charge is 0.493 e. The molecule has 2 aromatic rings. The number of hydrogen-bond donors (Lipinski definition) is 0. The third-order valence-electron chi connectivity index (χ3n) is 3.88. The Morgan fingerprint density at radius 1 is 1.11 bits per heavy atom. The summed E-state index contributed by atoms with van der Waals surface area (Å²) in [7, 11) is 1.56. The second-order valence-electron chi connectivity index (χ2n) is 5.73. The lowest BCUT2D eigenvalue weighted by Crippen LogP contribution is -2.07. The lowest BCUT2D eigenvalue weighted by Gasteiger charge is -2.12. The van der Waals surface area contributed by atoms with Crippen molar-refractivity contribution in [2.75, 3.05) is 20.3 Å². The lowest BCUT2D eigenvalue weighted by atomic mass is 10.1. The van der Waals surface area contributed by atoms with Crippen molar-refractivity contribution in [3.8, 4) is 17.2 Å². The van der Waals surface area contributed by atoms with Crippen LogP contribution in [0.3, 0.4) is 0 Å². The number of para-hydroxylation sites is 1. The van der Waals surface area contributed by atoms with Gasteiger partial charge in [0.2, 0.25) is 5.90 Å². The van der Waals surface area contributed by atoms with Crippen LogP contribution in [-0.2, 0) is 9.53 Å². The number of esters is 1. The minimum atomic E-state index is -0.523. The van der Waals surface area contributed by atoms with E-state index in [1.54, 1.807) is 25.3 Å². The predicted octanol–water partition coefficient (Wildman–Crippen LogP) is 4.60. The van der Waals surface area contributed by atoms with Crippen molar-refractivity contribution in [3.63, 3.8) is 0 Å². The molecule has 7 heteroatoms. The quantitative estimate of drug-likeness (QED) is 0.460. The lowest BCUT2D eigenvalue weighted by molar-refractivity contribution is -0.129. The molecule has 0 atom stereocenters. The number of carbonyl (C=O) groups excluding carboxylic acids is 1. The Hall–Kier alpha value is -2.80. The van der Waals surface area contributed by atoms with Crippen molar-refractivity contribution in [2.45, 2.75) is 13.8 Å². The number of methoxy groups -OCH3 is 1. The highest BCUT2D eigenvalue weighted by atomic mass is 79.9. The Bertz CT molecular complexity index is 952. The Kier molecular flexibility index (Phi) is 6.36. The van der Waals surface area contributed by atoms with E-state index >= 15 is 0 Å². The molecule has 2 aromatic carbocycles. The molecule has 28 heavy (non-hydrogen) atoms. The average Bonchev–Trinajstić information content (AvgIpc) is 3.04. The summed E-state index contributed by atoms with van der Waals surface area (Å²) in [4.78, 5) is 16.7. The smallest absolute Gasteiger partial charge is 0.363 e. The summed E-state index contributed by atoms with van der Waals surface area (Å²) in [6.45, 7) is 4.80. The molecule has 1 aliphatic rings.